The smallest absolute Gasteiger partial charge is 0.322 e. The second kappa shape index (κ2) is 6.37. The second-order valence-electron chi connectivity index (χ2n) is 5.04. The van der Waals surface area contributed by atoms with Gasteiger partial charge in [0.2, 0.25) is 11.9 Å². The van der Waals surface area contributed by atoms with Crippen molar-refractivity contribution in [3.8, 4) is 6.01 Å². The lowest BCUT2D eigenvalue weighted by atomic mass is 9.85. The number of nitrogens with zero attached hydrogens (tertiary/aromatic N) is 3. The van der Waals surface area contributed by atoms with Crippen molar-refractivity contribution in [1.29, 1.82) is 0 Å². The van der Waals surface area contributed by atoms with Crippen LogP contribution in [0.3, 0.4) is 0 Å². The summed E-state index contributed by atoms with van der Waals surface area (Å²) in [6.45, 7) is 9.68. The monoisotopic (exact) mass is 253 g/mol. The number of anilines is 2. The van der Waals surface area contributed by atoms with Gasteiger partial charge in [0.15, 0.2) is 0 Å². The average molecular weight is 253 g/mol. The first-order chi connectivity index (χ1) is 8.43. The van der Waals surface area contributed by atoms with Crippen molar-refractivity contribution in [1.82, 2.24) is 15.0 Å². The minimum absolute atomic E-state index is 0.162. The summed E-state index contributed by atoms with van der Waals surface area (Å²) in [5.74, 6) is 2.37. The molecule has 0 bridgehead atoms. The molecule has 0 aromatic carbocycles. The van der Waals surface area contributed by atoms with Gasteiger partial charge in [-0.3, -0.25) is 0 Å². The lowest BCUT2D eigenvalue weighted by Crippen LogP contribution is -2.25. The van der Waals surface area contributed by atoms with Gasteiger partial charge in [0, 0.05) is 6.54 Å². The minimum Gasteiger partial charge on any atom is -0.467 e. The van der Waals surface area contributed by atoms with Crippen LogP contribution in [0.15, 0.2) is 0 Å². The van der Waals surface area contributed by atoms with Gasteiger partial charge in [-0.1, -0.05) is 27.7 Å². The third-order valence-electron chi connectivity index (χ3n) is 3.02. The Morgan fingerprint density at radius 3 is 2.22 bits per heavy atom. The van der Waals surface area contributed by atoms with E-state index in [1.54, 1.807) is 0 Å². The van der Waals surface area contributed by atoms with Gasteiger partial charge in [-0.05, 0) is 17.8 Å². The van der Waals surface area contributed by atoms with Crippen LogP contribution in [-0.4, -0.2) is 28.6 Å². The number of nitrogens with one attached hydrogen (secondary N) is 1. The van der Waals surface area contributed by atoms with Crippen molar-refractivity contribution < 1.29 is 4.74 Å². The molecule has 18 heavy (non-hydrogen) atoms. The van der Waals surface area contributed by atoms with E-state index in [4.69, 9.17) is 10.5 Å². The Bertz CT molecular complexity index is 373. The van der Waals surface area contributed by atoms with Gasteiger partial charge in [-0.2, -0.15) is 15.0 Å². The summed E-state index contributed by atoms with van der Waals surface area (Å²) in [4.78, 5) is 12.0. The maximum atomic E-state index is 5.58. The highest BCUT2D eigenvalue weighted by Gasteiger charge is 2.17. The van der Waals surface area contributed by atoms with Gasteiger partial charge in [-0.25, -0.2) is 0 Å². The zero-order valence-corrected chi connectivity index (χ0v) is 11.8. The maximum Gasteiger partial charge on any atom is 0.322 e. The van der Waals surface area contributed by atoms with Gasteiger partial charge in [-0.15, -0.1) is 0 Å². The molecule has 0 aliphatic carbocycles. The Morgan fingerprint density at radius 2 is 1.72 bits per heavy atom. The summed E-state index contributed by atoms with van der Waals surface area (Å²) in [6, 6.07) is 0.232. The molecule has 6 nitrogen and oxygen atoms in total. The molecule has 1 rings (SSSR count). The van der Waals surface area contributed by atoms with Crippen molar-refractivity contribution in [2.75, 3.05) is 24.7 Å². The molecular weight excluding hydrogens is 230 g/mol. The van der Waals surface area contributed by atoms with Crippen LogP contribution in [0.2, 0.25) is 0 Å². The Kier molecular flexibility index (Phi) is 5.12. The molecule has 102 valence electrons. The van der Waals surface area contributed by atoms with Crippen LogP contribution in [0, 0.1) is 17.8 Å². The molecule has 0 radical (unpaired) electrons. The summed E-state index contributed by atoms with van der Waals surface area (Å²) in [5.41, 5.74) is 5.58. The van der Waals surface area contributed by atoms with Crippen LogP contribution in [0.5, 0.6) is 6.01 Å². The summed E-state index contributed by atoms with van der Waals surface area (Å²) < 4.78 is 4.96. The quantitative estimate of drug-likeness (QED) is 0.804. The Hall–Kier alpha value is -1.59. The number of hydrogen-bond acceptors (Lipinski definition) is 6. The summed E-state index contributed by atoms with van der Waals surface area (Å²) >= 11 is 0. The Morgan fingerprint density at radius 1 is 1.11 bits per heavy atom. The molecule has 1 aromatic heterocycles. The van der Waals surface area contributed by atoms with Gasteiger partial charge < -0.3 is 15.8 Å². The van der Waals surface area contributed by atoms with Crippen LogP contribution < -0.4 is 15.8 Å². The molecule has 3 N–H and O–H groups in total. The molecule has 0 fully saturated rings. The lowest BCUT2D eigenvalue weighted by Gasteiger charge is -2.25. The molecule has 0 aliphatic heterocycles. The molecule has 0 saturated carbocycles. The average Bonchev–Trinajstić information content (AvgIpc) is 2.27. The van der Waals surface area contributed by atoms with Crippen LogP contribution in [0.25, 0.3) is 0 Å². The van der Waals surface area contributed by atoms with Crippen LogP contribution in [0.1, 0.15) is 27.7 Å². The molecule has 0 spiro atoms. The SMILES string of the molecule is COc1nc(N)nc(NCC(C(C)C)C(C)C)n1. The zero-order valence-electron chi connectivity index (χ0n) is 11.8. The summed E-state index contributed by atoms with van der Waals surface area (Å²) in [7, 11) is 1.50. The highest BCUT2D eigenvalue weighted by atomic mass is 16.5. The van der Waals surface area contributed by atoms with E-state index in [0.717, 1.165) is 6.54 Å². The third-order valence-corrected chi connectivity index (χ3v) is 3.02. The fourth-order valence-electron chi connectivity index (χ4n) is 1.99. The largest absolute Gasteiger partial charge is 0.467 e. The fraction of sp³-hybridized carbons (Fsp3) is 0.750. The summed E-state index contributed by atoms with van der Waals surface area (Å²) in [5, 5.41) is 3.20. The van der Waals surface area contributed by atoms with Gasteiger partial charge in [0.25, 0.3) is 0 Å². The number of rotatable bonds is 6. The number of ether oxygens (including phenoxy) is 1. The molecule has 1 heterocycles. The maximum absolute atomic E-state index is 5.58. The zero-order chi connectivity index (χ0) is 13.7. The molecule has 0 aliphatic rings. The minimum atomic E-state index is 0.162. The van der Waals surface area contributed by atoms with Crippen LogP contribution >= 0.6 is 0 Å². The van der Waals surface area contributed by atoms with Gasteiger partial charge in [0.1, 0.15) is 0 Å². The molecule has 0 saturated heterocycles. The van der Waals surface area contributed by atoms with Crippen molar-refractivity contribution in [3.05, 3.63) is 0 Å². The highest BCUT2D eigenvalue weighted by molar-refractivity contribution is 5.32. The fourth-order valence-corrected chi connectivity index (χ4v) is 1.99. The van der Waals surface area contributed by atoms with Crippen molar-refractivity contribution in [2.45, 2.75) is 27.7 Å². The third kappa shape index (κ3) is 4.01. The highest BCUT2D eigenvalue weighted by Crippen LogP contribution is 2.20. The topological polar surface area (TPSA) is 86.0 Å². The van der Waals surface area contributed by atoms with E-state index in [0.29, 0.717) is 23.7 Å². The van der Waals surface area contributed by atoms with Gasteiger partial charge in [0.05, 0.1) is 7.11 Å². The number of aromatic nitrogens is 3. The van der Waals surface area contributed by atoms with E-state index in [-0.39, 0.29) is 12.0 Å². The van der Waals surface area contributed by atoms with E-state index < -0.39 is 0 Å². The van der Waals surface area contributed by atoms with Crippen LogP contribution in [0.4, 0.5) is 11.9 Å². The van der Waals surface area contributed by atoms with Crippen molar-refractivity contribution >= 4 is 11.9 Å². The molecule has 6 heteroatoms. The number of hydrogen-bond donors (Lipinski definition) is 2. The van der Waals surface area contributed by atoms with Crippen molar-refractivity contribution in [3.63, 3.8) is 0 Å². The van der Waals surface area contributed by atoms with E-state index in [9.17, 15) is 0 Å². The first kappa shape index (κ1) is 14.5. The Labute approximate surface area is 108 Å². The molecular formula is C12H23N5O. The number of nitrogens with two attached hydrogens (primary N) is 1. The molecule has 0 amide bonds. The molecule has 0 unspecified atom stereocenters. The standard InChI is InChI=1S/C12H23N5O/c1-7(2)9(8(3)4)6-14-11-15-10(13)16-12(17-11)18-5/h7-9H,6H2,1-5H3,(H3,13,14,15,16,17). The predicted octanol–water partition coefficient (Wildman–Crippen LogP) is 1.80. The van der Waals surface area contributed by atoms with E-state index in [1.165, 1.54) is 7.11 Å². The van der Waals surface area contributed by atoms with Gasteiger partial charge >= 0.3 is 6.01 Å². The number of methoxy groups -OCH3 is 1. The predicted molar refractivity (Wildman–Crippen MR) is 72.4 cm³/mol. The number of nitrogen functional groups attached to an aromatic ring is 1. The van der Waals surface area contributed by atoms with E-state index in [2.05, 4.69) is 48.0 Å². The normalized spacial score (nSPS) is 11.3. The van der Waals surface area contributed by atoms with Crippen LogP contribution in [-0.2, 0) is 0 Å². The second-order valence-corrected chi connectivity index (χ2v) is 5.04. The van der Waals surface area contributed by atoms with Crippen molar-refractivity contribution in [2.24, 2.45) is 17.8 Å². The van der Waals surface area contributed by atoms with E-state index >= 15 is 0 Å². The molecule has 1 aromatic rings. The first-order valence-corrected chi connectivity index (χ1v) is 6.23. The Balaban J connectivity index is 2.70. The molecule has 0 atom stereocenters. The van der Waals surface area contributed by atoms with E-state index in [1.807, 2.05) is 0 Å². The summed E-state index contributed by atoms with van der Waals surface area (Å²) in [6.07, 6.45) is 0. The lowest BCUT2D eigenvalue weighted by molar-refractivity contribution is 0.303. The first-order valence-electron chi connectivity index (χ1n) is 6.23.